The van der Waals surface area contributed by atoms with Gasteiger partial charge in [-0.15, -0.1) is 0 Å². The molecular weight excluding hydrogens is 369 g/mol. The molecular formula is C15H18INO3. The van der Waals surface area contributed by atoms with E-state index in [1.54, 1.807) is 11.8 Å². The fourth-order valence-electron chi connectivity index (χ4n) is 2.12. The summed E-state index contributed by atoms with van der Waals surface area (Å²) in [5.74, 6) is -1.34. The van der Waals surface area contributed by atoms with Gasteiger partial charge in [-0.25, -0.2) is 0 Å². The van der Waals surface area contributed by atoms with E-state index in [4.69, 9.17) is 5.11 Å². The fraction of sp³-hybridized carbons (Fsp3) is 0.467. The SMILES string of the molecule is CC(CN(C(=O)Cc1ccccc1I)C1CC1)C(=O)O. The molecule has 0 bridgehead atoms. The zero-order valence-electron chi connectivity index (χ0n) is 11.4. The average Bonchev–Trinajstić information content (AvgIpc) is 3.22. The lowest BCUT2D eigenvalue weighted by atomic mass is 10.1. The summed E-state index contributed by atoms with van der Waals surface area (Å²) in [7, 11) is 0. The van der Waals surface area contributed by atoms with Gasteiger partial charge in [0.2, 0.25) is 5.91 Å². The number of benzene rings is 1. The smallest absolute Gasteiger partial charge is 0.308 e. The minimum Gasteiger partial charge on any atom is -0.481 e. The molecule has 1 amide bonds. The Labute approximate surface area is 132 Å². The normalized spacial score (nSPS) is 15.7. The van der Waals surface area contributed by atoms with E-state index in [0.29, 0.717) is 13.0 Å². The second kappa shape index (κ2) is 6.56. The number of hydrogen-bond donors (Lipinski definition) is 1. The summed E-state index contributed by atoms with van der Waals surface area (Å²) in [6.07, 6.45) is 2.33. The Balaban J connectivity index is 2.04. The summed E-state index contributed by atoms with van der Waals surface area (Å²) < 4.78 is 1.07. The minimum absolute atomic E-state index is 0.0321. The van der Waals surface area contributed by atoms with Gasteiger partial charge in [0.15, 0.2) is 0 Å². The van der Waals surface area contributed by atoms with E-state index in [9.17, 15) is 9.59 Å². The second-order valence-electron chi connectivity index (χ2n) is 5.28. The maximum Gasteiger partial charge on any atom is 0.308 e. The van der Waals surface area contributed by atoms with E-state index >= 15 is 0 Å². The largest absolute Gasteiger partial charge is 0.481 e. The van der Waals surface area contributed by atoms with Gasteiger partial charge in [0.05, 0.1) is 12.3 Å². The van der Waals surface area contributed by atoms with Gasteiger partial charge in [-0.2, -0.15) is 0 Å². The number of amides is 1. The molecule has 108 valence electrons. The van der Waals surface area contributed by atoms with Gasteiger partial charge >= 0.3 is 5.97 Å². The number of aliphatic carboxylic acids is 1. The van der Waals surface area contributed by atoms with Crippen molar-refractivity contribution in [2.75, 3.05) is 6.54 Å². The van der Waals surface area contributed by atoms with Gasteiger partial charge < -0.3 is 10.0 Å². The summed E-state index contributed by atoms with van der Waals surface area (Å²) in [6.45, 7) is 1.96. The van der Waals surface area contributed by atoms with E-state index in [1.165, 1.54) is 0 Å². The molecule has 20 heavy (non-hydrogen) atoms. The summed E-state index contributed by atoms with van der Waals surface area (Å²) in [5, 5.41) is 9.01. The first kappa shape index (κ1) is 15.3. The lowest BCUT2D eigenvalue weighted by Crippen LogP contribution is -2.39. The van der Waals surface area contributed by atoms with Gasteiger partial charge in [0.25, 0.3) is 0 Å². The standard InChI is InChI=1S/C15H18INO3/c1-10(15(19)20)9-17(12-6-7-12)14(18)8-11-4-2-3-5-13(11)16/h2-5,10,12H,6-9H2,1H3,(H,19,20). The van der Waals surface area contributed by atoms with E-state index in [0.717, 1.165) is 22.0 Å². The Hall–Kier alpha value is -1.11. The molecule has 1 aliphatic rings. The van der Waals surface area contributed by atoms with Crippen molar-refractivity contribution >= 4 is 34.5 Å². The number of carbonyl (C=O) groups excluding carboxylic acids is 1. The zero-order valence-corrected chi connectivity index (χ0v) is 13.5. The molecule has 0 heterocycles. The molecule has 4 nitrogen and oxygen atoms in total. The molecule has 1 atom stereocenters. The average molecular weight is 387 g/mol. The highest BCUT2D eigenvalue weighted by molar-refractivity contribution is 14.1. The van der Waals surface area contributed by atoms with Crippen LogP contribution in [0.5, 0.6) is 0 Å². The first-order valence-electron chi connectivity index (χ1n) is 6.74. The van der Waals surface area contributed by atoms with E-state index in [2.05, 4.69) is 22.6 Å². The summed E-state index contributed by atoms with van der Waals surface area (Å²) >= 11 is 2.22. The molecule has 0 spiro atoms. The molecule has 1 aromatic carbocycles. The van der Waals surface area contributed by atoms with Crippen LogP contribution < -0.4 is 0 Å². The first-order valence-corrected chi connectivity index (χ1v) is 7.82. The van der Waals surface area contributed by atoms with Crippen LogP contribution in [0.25, 0.3) is 0 Å². The first-order chi connectivity index (χ1) is 9.49. The van der Waals surface area contributed by atoms with Crippen molar-refractivity contribution in [3.63, 3.8) is 0 Å². The molecule has 1 unspecified atom stereocenters. The van der Waals surface area contributed by atoms with Gasteiger partial charge in [-0.05, 0) is 47.1 Å². The molecule has 0 aromatic heterocycles. The van der Waals surface area contributed by atoms with Crippen LogP contribution in [0.2, 0.25) is 0 Å². The minimum atomic E-state index is -0.849. The number of nitrogens with zero attached hydrogens (tertiary/aromatic N) is 1. The predicted octanol–water partition coefficient (Wildman–Crippen LogP) is 2.55. The van der Waals surface area contributed by atoms with Crippen LogP contribution in [-0.2, 0) is 16.0 Å². The molecule has 1 aliphatic carbocycles. The van der Waals surface area contributed by atoms with E-state index in [-0.39, 0.29) is 11.9 Å². The van der Waals surface area contributed by atoms with Crippen LogP contribution in [0, 0.1) is 9.49 Å². The number of rotatable bonds is 6. The van der Waals surface area contributed by atoms with Gasteiger partial charge in [-0.3, -0.25) is 9.59 Å². The molecule has 1 saturated carbocycles. The summed E-state index contributed by atoms with van der Waals surface area (Å²) in [6, 6.07) is 8.04. The van der Waals surface area contributed by atoms with Crippen molar-refractivity contribution in [1.29, 1.82) is 0 Å². The van der Waals surface area contributed by atoms with Crippen molar-refractivity contribution in [3.8, 4) is 0 Å². The van der Waals surface area contributed by atoms with Gasteiger partial charge in [0, 0.05) is 16.2 Å². The molecule has 0 saturated heterocycles. The third-order valence-corrected chi connectivity index (χ3v) is 4.55. The van der Waals surface area contributed by atoms with Crippen molar-refractivity contribution in [2.24, 2.45) is 5.92 Å². The molecule has 0 radical (unpaired) electrons. The molecule has 1 fully saturated rings. The number of carboxylic acid groups (broad SMARTS) is 1. The number of hydrogen-bond acceptors (Lipinski definition) is 2. The van der Waals surface area contributed by atoms with Gasteiger partial charge in [0.1, 0.15) is 0 Å². The number of carbonyl (C=O) groups is 2. The predicted molar refractivity (Wildman–Crippen MR) is 84.4 cm³/mol. The van der Waals surface area contributed by atoms with Crippen molar-refractivity contribution in [3.05, 3.63) is 33.4 Å². The quantitative estimate of drug-likeness (QED) is 0.764. The summed E-state index contributed by atoms with van der Waals surface area (Å²) in [5.41, 5.74) is 1.01. The van der Waals surface area contributed by atoms with E-state index < -0.39 is 11.9 Å². The third kappa shape index (κ3) is 3.94. The van der Waals surface area contributed by atoms with E-state index in [1.807, 2.05) is 24.3 Å². The molecule has 1 N–H and O–H groups in total. The Bertz CT molecular complexity index is 514. The lowest BCUT2D eigenvalue weighted by Gasteiger charge is -2.24. The maximum atomic E-state index is 12.4. The Morgan fingerprint density at radius 1 is 1.40 bits per heavy atom. The Morgan fingerprint density at radius 2 is 2.05 bits per heavy atom. The van der Waals surface area contributed by atoms with Crippen LogP contribution in [-0.4, -0.2) is 34.5 Å². The third-order valence-electron chi connectivity index (χ3n) is 3.50. The van der Waals surface area contributed by atoms with Crippen LogP contribution in [0.3, 0.4) is 0 Å². The Morgan fingerprint density at radius 3 is 2.60 bits per heavy atom. The highest BCUT2D eigenvalue weighted by Gasteiger charge is 2.34. The maximum absolute atomic E-state index is 12.4. The Kier molecular flexibility index (Phi) is 5.01. The molecule has 5 heteroatoms. The van der Waals surface area contributed by atoms with Crippen molar-refractivity contribution in [2.45, 2.75) is 32.2 Å². The fourth-order valence-corrected chi connectivity index (χ4v) is 2.70. The van der Waals surface area contributed by atoms with Crippen molar-refractivity contribution in [1.82, 2.24) is 4.90 Å². The second-order valence-corrected chi connectivity index (χ2v) is 6.45. The highest BCUT2D eigenvalue weighted by atomic mass is 127. The van der Waals surface area contributed by atoms with Crippen LogP contribution in [0.15, 0.2) is 24.3 Å². The monoisotopic (exact) mass is 387 g/mol. The number of halogens is 1. The summed E-state index contributed by atoms with van der Waals surface area (Å²) in [4.78, 5) is 25.2. The van der Waals surface area contributed by atoms with Gasteiger partial charge in [-0.1, -0.05) is 25.1 Å². The topological polar surface area (TPSA) is 57.6 Å². The molecule has 0 aliphatic heterocycles. The molecule has 1 aromatic rings. The van der Waals surface area contributed by atoms with Crippen LogP contribution >= 0.6 is 22.6 Å². The van der Waals surface area contributed by atoms with Crippen LogP contribution in [0.1, 0.15) is 25.3 Å². The number of carboxylic acids is 1. The van der Waals surface area contributed by atoms with Crippen LogP contribution in [0.4, 0.5) is 0 Å². The zero-order chi connectivity index (χ0) is 14.7. The molecule has 2 rings (SSSR count). The lowest BCUT2D eigenvalue weighted by molar-refractivity contribution is -0.143. The highest BCUT2D eigenvalue weighted by Crippen LogP contribution is 2.28. The van der Waals surface area contributed by atoms with Crippen molar-refractivity contribution < 1.29 is 14.7 Å².